The van der Waals surface area contributed by atoms with E-state index in [-0.39, 0.29) is 5.92 Å². The first-order chi connectivity index (χ1) is 8.60. The average molecular weight is 359 g/mol. The van der Waals surface area contributed by atoms with Crippen molar-refractivity contribution in [3.63, 3.8) is 0 Å². The molecule has 0 heterocycles. The van der Waals surface area contributed by atoms with Gasteiger partial charge < -0.3 is 5.73 Å². The zero-order valence-corrected chi connectivity index (χ0v) is 13.8. The third-order valence-electron chi connectivity index (χ3n) is 3.41. The van der Waals surface area contributed by atoms with Crippen LogP contribution in [0.25, 0.3) is 0 Å². The molecule has 0 rings (SSSR count). The van der Waals surface area contributed by atoms with Gasteiger partial charge in [0.1, 0.15) is 0 Å². The van der Waals surface area contributed by atoms with E-state index in [0.717, 1.165) is 23.0 Å². The molecule has 1 nitrogen and oxygen atoms in total. The fourth-order valence-electron chi connectivity index (χ4n) is 2.57. The first kappa shape index (κ1) is 17.7. The van der Waals surface area contributed by atoms with Crippen LogP contribution in [-0.4, -0.2) is 6.54 Å². The van der Waals surface area contributed by atoms with Crippen molar-refractivity contribution in [3.05, 3.63) is 22.3 Å². The van der Waals surface area contributed by atoms with Crippen molar-refractivity contribution in [2.45, 2.75) is 39.5 Å². The fourth-order valence-corrected chi connectivity index (χ4v) is 2.78. The molecule has 0 aliphatic heterocycles. The number of hydrogen-bond acceptors (Lipinski definition) is 1. The Kier molecular flexibility index (Phi) is 10.5. The molecule has 3 atom stereocenters. The van der Waals surface area contributed by atoms with Crippen LogP contribution in [0.5, 0.6) is 0 Å². The number of terminal acetylenes is 1. The molecule has 0 saturated heterocycles. The van der Waals surface area contributed by atoms with Gasteiger partial charge in [0, 0.05) is 9.50 Å². The Balaban J connectivity index is 4.86. The highest BCUT2D eigenvalue weighted by molar-refractivity contribution is 14.1. The number of rotatable bonds is 9. The summed E-state index contributed by atoms with van der Waals surface area (Å²) in [5, 5.41) is 0. The van der Waals surface area contributed by atoms with Crippen LogP contribution in [0.4, 0.5) is 0 Å². The lowest BCUT2D eigenvalue weighted by molar-refractivity contribution is 0.257. The molecule has 18 heavy (non-hydrogen) atoms. The van der Waals surface area contributed by atoms with Crippen LogP contribution in [0.2, 0.25) is 0 Å². The van der Waals surface area contributed by atoms with E-state index in [1.54, 1.807) is 0 Å². The average Bonchev–Trinajstić information content (AvgIpc) is 2.34. The van der Waals surface area contributed by atoms with Crippen LogP contribution in [0.1, 0.15) is 39.5 Å². The van der Waals surface area contributed by atoms with Gasteiger partial charge in [0.25, 0.3) is 0 Å². The molecule has 0 aromatic carbocycles. The van der Waals surface area contributed by atoms with Gasteiger partial charge in [0.15, 0.2) is 0 Å². The van der Waals surface area contributed by atoms with E-state index >= 15 is 0 Å². The molecule has 0 aromatic heterocycles. The Morgan fingerprint density at radius 2 is 2.11 bits per heavy atom. The molecule has 0 aliphatic rings. The van der Waals surface area contributed by atoms with Crippen LogP contribution in [0.15, 0.2) is 22.3 Å². The van der Waals surface area contributed by atoms with Crippen LogP contribution >= 0.6 is 22.6 Å². The molecule has 2 N–H and O–H groups in total. The summed E-state index contributed by atoms with van der Waals surface area (Å²) in [5.74, 6) is 4.30. The van der Waals surface area contributed by atoms with Crippen LogP contribution in [-0.2, 0) is 0 Å². The topological polar surface area (TPSA) is 26.0 Å². The smallest absolute Gasteiger partial charge is 0.0414 e. The van der Waals surface area contributed by atoms with E-state index < -0.39 is 0 Å². The van der Waals surface area contributed by atoms with Crippen molar-refractivity contribution < 1.29 is 0 Å². The minimum atomic E-state index is 0.199. The molecule has 0 saturated carbocycles. The lowest BCUT2D eigenvalue weighted by atomic mass is 9.76. The van der Waals surface area contributed by atoms with Gasteiger partial charge >= 0.3 is 0 Å². The van der Waals surface area contributed by atoms with Crippen molar-refractivity contribution in [1.82, 2.24) is 0 Å². The second kappa shape index (κ2) is 10.6. The Hall–Kier alpha value is -0.270. The molecule has 0 radical (unpaired) electrons. The number of hydrogen-bond donors (Lipinski definition) is 1. The van der Waals surface area contributed by atoms with Gasteiger partial charge in [-0.3, -0.25) is 0 Å². The van der Waals surface area contributed by atoms with E-state index in [1.807, 2.05) is 6.08 Å². The zero-order valence-electron chi connectivity index (χ0n) is 11.7. The van der Waals surface area contributed by atoms with Crippen molar-refractivity contribution in [2.24, 2.45) is 23.5 Å². The van der Waals surface area contributed by atoms with Crippen LogP contribution < -0.4 is 5.73 Å². The van der Waals surface area contributed by atoms with Crippen LogP contribution in [0, 0.1) is 30.1 Å². The monoisotopic (exact) mass is 359 g/mol. The molecule has 102 valence electrons. The van der Waals surface area contributed by atoms with Gasteiger partial charge in [-0.15, -0.1) is 6.42 Å². The molecule has 0 bridgehead atoms. The normalized spacial score (nSPS) is 16.2. The summed E-state index contributed by atoms with van der Waals surface area (Å²) in [6.07, 6.45) is 14.4. The lowest BCUT2D eigenvalue weighted by Gasteiger charge is -2.29. The van der Waals surface area contributed by atoms with Gasteiger partial charge in [-0.25, -0.2) is 0 Å². The first-order valence-corrected chi connectivity index (χ1v) is 7.87. The SMILES string of the molecule is C#CC(/C=C\C(=C)I)C(CC)[C@H](CCC)CCN. The highest BCUT2D eigenvalue weighted by Gasteiger charge is 2.24. The third kappa shape index (κ3) is 6.61. The maximum absolute atomic E-state index is 5.73. The maximum Gasteiger partial charge on any atom is 0.0414 e. The predicted octanol–water partition coefficient (Wildman–Crippen LogP) is 4.53. The van der Waals surface area contributed by atoms with E-state index in [4.69, 9.17) is 12.2 Å². The fraction of sp³-hybridized carbons (Fsp3) is 0.625. The molecule has 0 aromatic rings. The van der Waals surface area contributed by atoms with E-state index in [9.17, 15) is 0 Å². The van der Waals surface area contributed by atoms with Crippen molar-refractivity contribution in [2.75, 3.05) is 6.54 Å². The summed E-state index contributed by atoms with van der Waals surface area (Å²) in [7, 11) is 0. The summed E-state index contributed by atoms with van der Waals surface area (Å²) in [6, 6.07) is 0. The second-order valence-electron chi connectivity index (χ2n) is 4.70. The van der Waals surface area contributed by atoms with Crippen molar-refractivity contribution >= 4 is 22.6 Å². The van der Waals surface area contributed by atoms with Gasteiger partial charge in [-0.1, -0.05) is 57.8 Å². The summed E-state index contributed by atoms with van der Waals surface area (Å²) < 4.78 is 1.02. The number of nitrogens with two attached hydrogens (primary N) is 1. The molecule has 0 aliphatic carbocycles. The van der Waals surface area contributed by atoms with Gasteiger partial charge in [0.2, 0.25) is 0 Å². The molecular formula is C16H26IN. The van der Waals surface area contributed by atoms with Gasteiger partial charge in [-0.2, -0.15) is 0 Å². The molecule has 0 spiro atoms. The quantitative estimate of drug-likeness (QED) is 0.365. The van der Waals surface area contributed by atoms with Crippen LogP contribution in [0.3, 0.4) is 0 Å². The third-order valence-corrected chi connectivity index (χ3v) is 3.77. The summed E-state index contributed by atoms with van der Waals surface area (Å²) in [5.41, 5.74) is 5.73. The molecule has 2 heteroatoms. The van der Waals surface area contributed by atoms with Crippen molar-refractivity contribution in [3.8, 4) is 12.3 Å². The number of allylic oxidation sites excluding steroid dienone is 3. The standard InChI is InChI=1S/C16H26IN/c1-5-8-15(11-12-18)16(7-3)14(6-2)10-9-13(4)17/h2,9-10,14-16H,4-5,7-8,11-12,18H2,1,3H3/b10-9-/t14?,15-,16?/m1/s1. The summed E-state index contributed by atoms with van der Waals surface area (Å²) in [6.45, 7) is 9.08. The van der Waals surface area contributed by atoms with Gasteiger partial charge in [-0.05, 0) is 47.4 Å². The van der Waals surface area contributed by atoms with Gasteiger partial charge in [0.05, 0.1) is 0 Å². The van der Waals surface area contributed by atoms with E-state index in [0.29, 0.717) is 11.8 Å². The molecule has 2 unspecified atom stereocenters. The number of halogens is 1. The Morgan fingerprint density at radius 3 is 2.50 bits per heavy atom. The highest BCUT2D eigenvalue weighted by atomic mass is 127. The Bertz CT molecular complexity index is 295. The maximum atomic E-state index is 5.73. The Labute approximate surface area is 126 Å². The minimum Gasteiger partial charge on any atom is -0.330 e. The summed E-state index contributed by atoms with van der Waals surface area (Å²) >= 11 is 2.21. The second-order valence-corrected chi connectivity index (χ2v) is 6.08. The summed E-state index contributed by atoms with van der Waals surface area (Å²) in [4.78, 5) is 0. The van der Waals surface area contributed by atoms with Crippen molar-refractivity contribution in [1.29, 1.82) is 0 Å². The minimum absolute atomic E-state index is 0.199. The zero-order chi connectivity index (χ0) is 14.0. The molecule has 0 amide bonds. The van der Waals surface area contributed by atoms with E-state index in [2.05, 4.69) is 55.0 Å². The Morgan fingerprint density at radius 1 is 1.44 bits per heavy atom. The lowest BCUT2D eigenvalue weighted by Crippen LogP contribution is -2.23. The van der Waals surface area contributed by atoms with E-state index in [1.165, 1.54) is 12.8 Å². The highest BCUT2D eigenvalue weighted by Crippen LogP contribution is 2.31. The largest absolute Gasteiger partial charge is 0.330 e. The predicted molar refractivity (Wildman–Crippen MR) is 90.5 cm³/mol. The first-order valence-electron chi connectivity index (χ1n) is 6.79. The molecule has 0 fully saturated rings. The molecular weight excluding hydrogens is 333 g/mol.